The van der Waals surface area contributed by atoms with Crippen LogP contribution in [0.15, 0.2) is 47.4 Å². The maximum absolute atomic E-state index is 12.2. The minimum absolute atomic E-state index is 0.157. The molecule has 3 rings (SSSR count). The number of thioether (sulfide) groups is 1. The molecule has 0 bridgehead atoms. The van der Waals surface area contributed by atoms with Crippen LogP contribution in [-0.2, 0) is 19.1 Å². The third kappa shape index (κ3) is 4.49. The number of nitrogens with one attached hydrogen (secondary N) is 1. The number of hydrogen-bond acceptors (Lipinski definition) is 5. The third-order valence-electron chi connectivity index (χ3n) is 4.21. The van der Waals surface area contributed by atoms with Gasteiger partial charge in [0.05, 0.1) is 11.4 Å². The Labute approximate surface area is 161 Å². The Bertz CT molecular complexity index is 877. The maximum Gasteiger partial charge on any atom is 0.326 e. The lowest BCUT2D eigenvalue weighted by Gasteiger charge is -2.27. The summed E-state index contributed by atoms with van der Waals surface area (Å²) >= 11 is 1.44. The zero-order chi connectivity index (χ0) is 19.4. The Morgan fingerprint density at radius 2 is 1.81 bits per heavy atom. The number of esters is 1. The smallest absolute Gasteiger partial charge is 0.326 e. The van der Waals surface area contributed by atoms with Crippen LogP contribution in [0, 0.1) is 13.8 Å². The monoisotopic (exact) mass is 384 g/mol. The van der Waals surface area contributed by atoms with Crippen LogP contribution in [0.4, 0.5) is 11.4 Å². The van der Waals surface area contributed by atoms with Crippen LogP contribution in [0.25, 0.3) is 0 Å². The SMILES string of the molecule is Cc1cccc(C)c1NC(=O)COC(=O)CN1C(=O)CSc2ccccc21. The number of anilines is 2. The predicted octanol–water partition coefficient (Wildman–Crippen LogP) is 2.92. The van der Waals surface area contributed by atoms with Gasteiger partial charge in [-0.2, -0.15) is 0 Å². The van der Waals surface area contributed by atoms with E-state index in [4.69, 9.17) is 4.74 Å². The molecule has 140 valence electrons. The van der Waals surface area contributed by atoms with Crippen LogP contribution >= 0.6 is 11.8 Å². The number of ether oxygens (including phenoxy) is 1. The van der Waals surface area contributed by atoms with Gasteiger partial charge in [0, 0.05) is 10.6 Å². The van der Waals surface area contributed by atoms with Crippen molar-refractivity contribution in [1.29, 1.82) is 0 Å². The highest BCUT2D eigenvalue weighted by molar-refractivity contribution is 8.00. The average molecular weight is 384 g/mol. The molecule has 7 heteroatoms. The van der Waals surface area contributed by atoms with Crippen LogP contribution in [-0.4, -0.2) is 36.7 Å². The Morgan fingerprint density at radius 3 is 2.56 bits per heavy atom. The first-order valence-corrected chi connectivity index (χ1v) is 9.48. The molecule has 1 heterocycles. The van der Waals surface area contributed by atoms with E-state index in [1.807, 2.05) is 50.2 Å². The van der Waals surface area contributed by atoms with E-state index in [0.717, 1.165) is 21.7 Å². The van der Waals surface area contributed by atoms with Gasteiger partial charge in [-0.25, -0.2) is 0 Å². The van der Waals surface area contributed by atoms with Crippen LogP contribution in [0.2, 0.25) is 0 Å². The van der Waals surface area contributed by atoms with Crippen molar-refractivity contribution in [2.24, 2.45) is 0 Å². The lowest BCUT2D eigenvalue weighted by molar-refractivity contribution is -0.146. The van der Waals surface area contributed by atoms with Gasteiger partial charge in [-0.15, -0.1) is 11.8 Å². The molecular formula is C20H20N2O4S. The van der Waals surface area contributed by atoms with Crippen LogP contribution in [0.1, 0.15) is 11.1 Å². The van der Waals surface area contributed by atoms with Crippen LogP contribution < -0.4 is 10.2 Å². The Morgan fingerprint density at radius 1 is 1.11 bits per heavy atom. The topological polar surface area (TPSA) is 75.7 Å². The van der Waals surface area contributed by atoms with Gasteiger partial charge in [-0.1, -0.05) is 30.3 Å². The standard InChI is InChI=1S/C20H20N2O4S/c1-13-6-5-7-14(2)20(13)21-17(23)11-26-19(25)10-22-15-8-3-4-9-16(15)27-12-18(22)24/h3-9H,10-12H2,1-2H3,(H,21,23). The summed E-state index contributed by atoms with van der Waals surface area (Å²) in [4.78, 5) is 38.8. The van der Waals surface area contributed by atoms with Crippen molar-refractivity contribution in [1.82, 2.24) is 0 Å². The molecule has 1 aliphatic rings. The van der Waals surface area contributed by atoms with Gasteiger partial charge in [0.25, 0.3) is 5.91 Å². The molecule has 2 amide bonds. The first kappa shape index (κ1) is 19.0. The maximum atomic E-state index is 12.2. The molecule has 6 nitrogen and oxygen atoms in total. The lowest BCUT2D eigenvalue weighted by atomic mass is 10.1. The molecule has 0 aliphatic carbocycles. The molecule has 0 saturated carbocycles. The summed E-state index contributed by atoms with van der Waals surface area (Å²) < 4.78 is 5.07. The summed E-state index contributed by atoms with van der Waals surface area (Å²) in [6, 6.07) is 13.1. The predicted molar refractivity (Wildman–Crippen MR) is 105 cm³/mol. The van der Waals surface area contributed by atoms with E-state index < -0.39 is 18.5 Å². The van der Waals surface area contributed by atoms with Crippen molar-refractivity contribution in [3.8, 4) is 0 Å². The zero-order valence-electron chi connectivity index (χ0n) is 15.2. The number of aryl methyl sites for hydroxylation is 2. The highest BCUT2D eigenvalue weighted by Crippen LogP contribution is 2.34. The second kappa shape index (κ2) is 8.26. The summed E-state index contributed by atoms with van der Waals surface area (Å²) in [5, 5.41) is 2.76. The molecular weight excluding hydrogens is 364 g/mol. The quantitative estimate of drug-likeness (QED) is 0.802. The number of rotatable bonds is 5. The molecule has 0 fully saturated rings. The van der Waals surface area contributed by atoms with Crippen molar-refractivity contribution in [3.05, 3.63) is 53.6 Å². The fourth-order valence-corrected chi connectivity index (χ4v) is 3.77. The number of benzene rings is 2. The summed E-state index contributed by atoms with van der Waals surface area (Å²) in [5.74, 6) is -0.920. The highest BCUT2D eigenvalue weighted by atomic mass is 32.2. The second-order valence-corrected chi connectivity index (χ2v) is 7.23. The molecule has 0 aromatic heterocycles. The van der Waals surface area contributed by atoms with E-state index in [2.05, 4.69) is 5.32 Å². The van der Waals surface area contributed by atoms with Crippen LogP contribution in [0.5, 0.6) is 0 Å². The largest absolute Gasteiger partial charge is 0.454 e. The molecule has 0 atom stereocenters. The summed E-state index contributed by atoms with van der Waals surface area (Å²) in [5.41, 5.74) is 3.27. The Hall–Kier alpha value is -2.80. The molecule has 0 saturated heterocycles. The molecule has 2 aromatic rings. The van der Waals surface area contributed by atoms with Crippen molar-refractivity contribution in [2.45, 2.75) is 18.7 Å². The van der Waals surface area contributed by atoms with E-state index in [0.29, 0.717) is 5.69 Å². The van der Waals surface area contributed by atoms with Gasteiger partial charge < -0.3 is 10.1 Å². The molecule has 0 spiro atoms. The molecule has 2 aromatic carbocycles. The fraction of sp³-hybridized carbons (Fsp3) is 0.250. The van der Waals surface area contributed by atoms with E-state index >= 15 is 0 Å². The van der Waals surface area contributed by atoms with Crippen molar-refractivity contribution < 1.29 is 19.1 Å². The van der Waals surface area contributed by atoms with Crippen LogP contribution in [0.3, 0.4) is 0 Å². The summed E-state index contributed by atoms with van der Waals surface area (Å²) in [7, 11) is 0. The molecule has 0 radical (unpaired) electrons. The van der Waals surface area contributed by atoms with Crippen molar-refractivity contribution in [2.75, 3.05) is 29.1 Å². The first-order chi connectivity index (χ1) is 13.0. The molecule has 27 heavy (non-hydrogen) atoms. The number of carbonyl (C=O) groups is 3. The van der Waals surface area contributed by atoms with E-state index in [-0.39, 0.29) is 18.2 Å². The van der Waals surface area contributed by atoms with Gasteiger partial charge in [-0.3, -0.25) is 19.3 Å². The highest BCUT2D eigenvalue weighted by Gasteiger charge is 2.27. The summed E-state index contributed by atoms with van der Waals surface area (Å²) in [6.07, 6.45) is 0. The molecule has 1 aliphatic heterocycles. The van der Waals surface area contributed by atoms with Crippen molar-refractivity contribution in [3.63, 3.8) is 0 Å². The van der Waals surface area contributed by atoms with Gasteiger partial charge >= 0.3 is 5.97 Å². The van der Waals surface area contributed by atoms with Crippen molar-refractivity contribution >= 4 is 40.9 Å². The number of hydrogen-bond donors (Lipinski definition) is 1. The minimum Gasteiger partial charge on any atom is -0.454 e. The average Bonchev–Trinajstić information content (AvgIpc) is 2.65. The van der Waals surface area contributed by atoms with Gasteiger partial charge in [0.15, 0.2) is 6.61 Å². The summed E-state index contributed by atoms with van der Waals surface area (Å²) in [6.45, 7) is 3.18. The number of carbonyl (C=O) groups excluding carboxylic acids is 3. The van der Waals surface area contributed by atoms with Gasteiger partial charge in [-0.05, 0) is 37.1 Å². The Kier molecular flexibility index (Phi) is 5.81. The number of amides is 2. The molecule has 0 unspecified atom stereocenters. The third-order valence-corrected chi connectivity index (χ3v) is 5.25. The minimum atomic E-state index is -0.623. The fourth-order valence-electron chi connectivity index (χ4n) is 2.84. The van der Waals surface area contributed by atoms with E-state index in [1.54, 1.807) is 6.07 Å². The number of fused-ring (bicyclic) bond motifs is 1. The van der Waals surface area contributed by atoms with Gasteiger partial charge in [0.1, 0.15) is 6.54 Å². The second-order valence-electron chi connectivity index (χ2n) is 6.21. The van der Waals surface area contributed by atoms with E-state index in [1.165, 1.54) is 16.7 Å². The number of nitrogens with zero attached hydrogens (tertiary/aromatic N) is 1. The van der Waals surface area contributed by atoms with E-state index in [9.17, 15) is 14.4 Å². The molecule has 1 N–H and O–H groups in total. The lowest BCUT2D eigenvalue weighted by Crippen LogP contribution is -2.40. The van der Waals surface area contributed by atoms with Gasteiger partial charge in [0.2, 0.25) is 5.91 Å². The number of para-hydroxylation sites is 2. The first-order valence-electron chi connectivity index (χ1n) is 8.49. The Balaban J connectivity index is 1.57. The normalized spacial score (nSPS) is 13.1. The zero-order valence-corrected chi connectivity index (χ0v) is 16.0.